The molecule has 0 aliphatic rings. The molecule has 2 aromatic rings. The lowest BCUT2D eigenvalue weighted by molar-refractivity contribution is 0.238. The number of aliphatic hydroxyl groups excluding tert-OH is 1. The fourth-order valence-electron chi connectivity index (χ4n) is 2.39. The highest BCUT2D eigenvalue weighted by Crippen LogP contribution is 2.08. The normalized spacial score (nSPS) is 12.0. The molecule has 2 rings (SSSR count). The summed E-state index contributed by atoms with van der Waals surface area (Å²) in [4.78, 5) is 16.1. The van der Waals surface area contributed by atoms with Crippen LogP contribution >= 0.6 is 0 Å². The van der Waals surface area contributed by atoms with Gasteiger partial charge in [0.05, 0.1) is 6.61 Å². The Balaban J connectivity index is 1.73. The number of hydrogen-bond acceptors (Lipinski definition) is 3. The second kappa shape index (κ2) is 8.33. The Morgan fingerprint density at radius 2 is 2.04 bits per heavy atom. The van der Waals surface area contributed by atoms with Gasteiger partial charge in [-0.25, -0.2) is 9.78 Å². The van der Waals surface area contributed by atoms with Crippen LogP contribution in [0, 0.1) is 12.8 Å². The number of aryl methyl sites for hydroxylation is 1. The molecule has 0 saturated carbocycles. The Hall–Kier alpha value is -2.34. The van der Waals surface area contributed by atoms with Crippen LogP contribution in [0.15, 0.2) is 36.7 Å². The Labute approximate surface area is 136 Å². The fourth-order valence-corrected chi connectivity index (χ4v) is 2.39. The number of rotatable bonds is 7. The zero-order chi connectivity index (χ0) is 16.7. The van der Waals surface area contributed by atoms with Crippen molar-refractivity contribution in [2.75, 3.05) is 6.54 Å². The Kier molecular flexibility index (Phi) is 6.17. The van der Waals surface area contributed by atoms with E-state index in [2.05, 4.69) is 27.1 Å². The van der Waals surface area contributed by atoms with Crippen molar-refractivity contribution in [2.24, 2.45) is 5.92 Å². The number of nitrogens with one attached hydrogen (secondary N) is 2. The largest absolute Gasteiger partial charge is 0.392 e. The van der Waals surface area contributed by atoms with Gasteiger partial charge in [0.15, 0.2) is 0 Å². The van der Waals surface area contributed by atoms with E-state index in [4.69, 9.17) is 0 Å². The van der Waals surface area contributed by atoms with E-state index in [-0.39, 0.29) is 12.6 Å². The second-order valence-corrected chi connectivity index (χ2v) is 5.72. The molecule has 0 aliphatic carbocycles. The van der Waals surface area contributed by atoms with Crippen molar-refractivity contribution in [3.63, 3.8) is 0 Å². The first-order valence-electron chi connectivity index (χ1n) is 7.77. The summed E-state index contributed by atoms with van der Waals surface area (Å²) in [6.07, 6.45) is 3.72. The van der Waals surface area contributed by atoms with Crippen molar-refractivity contribution in [3.05, 3.63) is 53.6 Å². The molecule has 124 valence electrons. The molecule has 6 heteroatoms. The van der Waals surface area contributed by atoms with Crippen LogP contribution in [0.2, 0.25) is 0 Å². The van der Waals surface area contributed by atoms with Crippen LogP contribution in [-0.4, -0.2) is 27.2 Å². The Bertz CT molecular complexity index is 639. The number of carbonyl (C=O) groups is 1. The molecule has 1 aromatic heterocycles. The highest BCUT2D eigenvalue weighted by atomic mass is 16.3. The van der Waals surface area contributed by atoms with E-state index in [1.807, 2.05) is 37.4 Å². The molecular weight excluding hydrogens is 292 g/mol. The quantitative estimate of drug-likeness (QED) is 0.729. The number of urea groups is 1. The molecule has 0 fully saturated rings. The van der Waals surface area contributed by atoms with Crippen LogP contribution in [-0.2, 0) is 19.7 Å². The first kappa shape index (κ1) is 17.0. The van der Waals surface area contributed by atoms with E-state index in [0.29, 0.717) is 19.0 Å². The minimum atomic E-state index is -0.202. The van der Waals surface area contributed by atoms with E-state index >= 15 is 0 Å². The maximum atomic E-state index is 11.9. The third kappa shape index (κ3) is 5.10. The van der Waals surface area contributed by atoms with Crippen molar-refractivity contribution in [1.29, 1.82) is 0 Å². The summed E-state index contributed by atoms with van der Waals surface area (Å²) >= 11 is 0. The minimum Gasteiger partial charge on any atom is -0.392 e. The van der Waals surface area contributed by atoms with Gasteiger partial charge >= 0.3 is 6.03 Å². The third-order valence-electron chi connectivity index (χ3n) is 3.77. The van der Waals surface area contributed by atoms with Gasteiger partial charge in [-0.15, -0.1) is 0 Å². The first-order valence-corrected chi connectivity index (χ1v) is 7.77. The first-order chi connectivity index (χ1) is 11.1. The van der Waals surface area contributed by atoms with Gasteiger partial charge in [-0.3, -0.25) is 0 Å². The van der Waals surface area contributed by atoms with Gasteiger partial charge < -0.3 is 20.3 Å². The standard InChI is InChI=1S/C17H24N4O2/c1-13(11-21-8-7-18-14(21)2)9-19-17(23)20-10-15-5-3-4-6-16(15)12-22/h3-8,13,22H,9-12H2,1-2H3,(H2,19,20,23). The Morgan fingerprint density at radius 1 is 1.30 bits per heavy atom. The van der Waals surface area contributed by atoms with Gasteiger partial charge in [0.1, 0.15) is 5.82 Å². The van der Waals surface area contributed by atoms with Crippen molar-refractivity contribution in [3.8, 4) is 0 Å². The molecule has 0 spiro atoms. The zero-order valence-electron chi connectivity index (χ0n) is 13.6. The highest BCUT2D eigenvalue weighted by molar-refractivity contribution is 5.73. The smallest absolute Gasteiger partial charge is 0.315 e. The molecule has 1 heterocycles. The van der Waals surface area contributed by atoms with Gasteiger partial charge in [-0.05, 0) is 24.0 Å². The van der Waals surface area contributed by atoms with Crippen LogP contribution in [0.1, 0.15) is 23.9 Å². The lowest BCUT2D eigenvalue weighted by Gasteiger charge is -2.15. The van der Waals surface area contributed by atoms with Gasteiger partial charge in [-0.1, -0.05) is 31.2 Å². The molecule has 3 N–H and O–H groups in total. The molecular formula is C17H24N4O2. The molecule has 1 atom stereocenters. The van der Waals surface area contributed by atoms with Gasteiger partial charge in [0, 0.05) is 32.0 Å². The number of benzene rings is 1. The van der Waals surface area contributed by atoms with Gasteiger partial charge in [0.2, 0.25) is 0 Å². The molecule has 2 amide bonds. The van der Waals surface area contributed by atoms with Crippen LogP contribution in [0.4, 0.5) is 4.79 Å². The molecule has 1 unspecified atom stereocenters. The number of nitrogens with zero attached hydrogens (tertiary/aromatic N) is 2. The summed E-state index contributed by atoms with van der Waals surface area (Å²) in [5.74, 6) is 1.28. The van der Waals surface area contributed by atoms with Gasteiger partial charge in [0.25, 0.3) is 0 Å². The monoisotopic (exact) mass is 316 g/mol. The molecule has 0 bridgehead atoms. The van der Waals surface area contributed by atoms with E-state index in [9.17, 15) is 9.90 Å². The topological polar surface area (TPSA) is 79.2 Å². The number of aliphatic hydroxyl groups is 1. The SMILES string of the molecule is Cc1nccn1CC(C)CNC(=O)NCc1ccccc1CO. The van der Waals surface area contributed by atoms with Gasteiger partial charge in [-0.2, -0.15) is 0 Å². The number of imidazole rings is 1. The average Bonchev–Trinajstić information content (AvgIpc) is 2.96. The summed E-state index contributed by atoms with van der Waals surface area (Å²) in [6, 6.07) is 7.31. The number of carbonyl (C=O) groups excluding carboxylic acids is 1. The molecule has 0 radical (unpaired) electrons. The highest BCUT2D eigenvalue weighted by Gasteiger charge is 2.08. The lowest BCUT2D eigenvalue weighted by Crippen LogP contribution is -2.38. The minimum absolute atomic E-state index is 0.0270. The lowest BCUT2D eigenvalue weighted by atomic mass is 10.1. The molecule has 0 saturated heterocycles. The van der Waals surface area contributed by atoms with Crippen molar-refractivity contribution in [2.45, 2.75) is 33.5 Å². The van der Waals surface area contributed by atoms with Crippen LogP contribution in [0.25, 0.3) is 0 Å². The summed E-state index contributed by atoms with van der Waals surface area (Å²) < 4.78 is 2.07. The molecule has 1 aromatic carbocycles. The predicted octanol–water partition coefficient (Wildman–Crippen LogP) is 1.82. The number of amides is 2. The van der Waals surface area contributed by atoms with E-state index in [0.717, 1.165) is 23.5 Å². The van der Waals surface area contributed by atoms with Crippen LogP contribution in [0.3, 0.4) is 0 Å². The van der Waals surface area contributed by atoms with E-state index < -0.39 is 0 Å². The number of aromatic nitrogens is 2. The summed E-state index contributed by atoms with van der Waals surface area (Å²) in [6.45, 7) is 5.83. The molecule has 23 heavy (non-hydrogen) atoms. The predicted molar refractivity (Wildman–Crippen MR) is 88.7 cm³/mol. The number of hydrogen-bond donors (Lipinski definition) is 3. The van der Waals surface area contributed by atoms with Crippen molar-refractivity contribution >= 4 is 6.03 Å². The summed E-state index contributed by atoms with van der Waals surface area (Å²) in [5.41, 5.74) is 1.75. The molecule has 0 aliphatic heterocycles. The fraction of sp³-hybridized carbons (Fsp3) is 0.412. The average molecular weight is 316 g/mol. The maximum absolute atomic E-state index is 11.9. The summed E-state index contributed by atoms with van der Waals surface area (Å²) in [5, 5.41) is 15.0. The van der Waals surface area contributed by atoms with Crippen LogP contribution in [0.5, 0.6) is 0 Å². The second-order valence-electron chi connectivity index (χ2n) is 5.72. The maximum Gasteiger partial charge on any atom is 0.315 e. The third-order valence-corrected chi connectivity index (χ3v) is 3.77. The van der Waals surface area contributed by atoms with Crippen LogP contribution < -0.4 is 10.6 Å². The van der Waals surface area contributed by atoms with Crippen molar-refractivity contribution in [1.82, 2.24) is 20.2 Å². The van der Waals surface area contributed by atoms with E-state index in [1.165, 1.54) is 0 Å². The van der Waals surface area contributed by atoms with Crippen molar-refractivity contribution < 1.29 is 9.90 Å². The Morgan fingerprint density at radius 3 is 2.70 bits per heavy atom. The van der Waals surface area contributed by atoms with E-state index in [1.54, 1.807) is 6.20 Å². The summed E-state index contributed by atoms with van der Waals surface area (Å²) in [7, 11) is 0. The zero-order valence-corrected chi connectivity index (χ0v) is 13.6. The molecule has 6 nitrogen and oxygen atoms in total.